The SMILES string of the molecule is Cc1ccc(C(=O)O)c(-c2ccccc2C2CCC2)c1. The number of carboxylic acid groups (broad SMARTS) is 1. The van der Waals surface area contributed by atoms with Crippen molar-refractivity contribution in [3.63, 3.8) is 0 Å². The zero-order valence-corrected chi connectivity index (χ0v) is 11.6. The van der Waals surface area contributed by atoms with E-state index in [2.05, 4.69) is 12.1 Å². The van der Waals surface area contributed by atoms with Gasteiger partial charge in [0.25, 0.3) is 0 Å². The minimum Gasteiger partial charge on any atom is -0.478 e. The fourth-order valence-electron chi connectivity index (χ4n) is 2.88. The number of aryl methyl sites for hydroxylation is 1. The first kappa shape index (κ1) is 12.9. The van der Waals surface area contributed by atoms with Gasteiger partial charge in [-0.15, -0.1) is 0 Å². The third-order valence-electron chi connectivity index (χ3n) is 4.20. The maximum atomic E-state index is 11.5. The maximum Gasteiger partial charge on any atom is 0.336 e. The molecule has 0 bridgehead atoms. The second-order valence-electron chi connectivity index (χ2n) is 5.57. The largest absolute Gasteiger partial charge is 0.478 e. The van der Waals surface area contributed by atoms with Crippen LogP contribution in [0, 0.1) is 6.92 Å². The Morgan fingerprint density at radius 3 is 2.50 bits per heavy atom. The van der Waals surface area contributed by atoms with Gasteiger partial charge >= 0.3 is 5.97 Å². The average molecular weight is 266 g/mol. The van der Waals surface area contributed by atoms with E-state index in [1.54, 1.807) is 6.07 Å². The van der Waals surface area contributed by atoms with Crippen molar-refractivity contribution in [2.45, 2.75) is 32.1 Å². The minimum atomic E-state index is -0.858. The van der Waals surface area contributed by atoms with E-state index < -0.39 is 5.97 Å². The summed E-state index contributed by atoms with van der Waals surface area (Å²) in [5, 5.41) is 9.42. The molecule has 1 aliphatic carbocycles. The second-order valence-corrected chi connectivity index (χ2v) is 5.57. The highest BCUT2D eigenvalue weighted by molar-refractivity contribution is 5.96. The van der Waals surface area contributed by atoms with Crippen LogP contribution in [0.4, 0.5) is 0 Å². The summed E-state index contributed by atoms with van der Waals surface area (Å²) in [6, 6.07) is 13.8. The van der Waals surface area contributed by atoms with Crippen LogP contribution in [0.1, 0.15) is 46.7 Å². The van der Waals surface area contributed by atoms with E-state index in [9.17, 15) is 9.90 Å². The molecule has 1 saturated carbocycles. The van der Waals surface area contributed by atoms with E-state index in [1.807, 2.05) is 31.2 Å². The summed E-state index contributed by atoms with van der Waals surface area (Å²) < 4.78 is 0. The average Bonchev–Trinajstić information content (AvgIpc) is 2.37. The highest BCUT2D eigenvalue weighted by Crippen LogP contribution is 2.41. The zero-order chi connectivity index (χ0) is 14.1. The Kier molecular flexibility index (Phi) is 3.31. The molecule has 0 saturated heterocycles. The number of carbonyl (C=O) groups is 1. The summed E-state index contributed by atoms with van der Waals surface area (Å²) in [4.78, 5) is 11.5. The normalized spacial score (nSPS) is 14.8. The number of carboxylic acids is 1. The summed E-state index contributed by atoms with van der Waals surface area (Å²) in [5.41, 5.74) is 4.71. The Bertz CT molecular complexity index is 654. The van der Waals surface area contributed by atoms with Gasteiger partial charge in [0.2, 0.25) is 0 Å². The smallest absolute Gasteiger partial charge is 0.336 e. The van der Waals surface area contributed by atoms with Gasteiger partial charge in [0.1, 0.15) is 0 Å². The number of rotatable bonds is 3. The molecular formula is C18H18O2. The third-order valence-corrected chi connectivity index (χ3v) is 4.20. The van der Waals surface area contributed by atoms with Crippen molar-refractivity contribution in [3.8, 4) is 11.1 Å². The lowest BCUT2D eigenvalue weighted by Crippen LogP contribution is -2.10. The van der Waals surface area contributed by atoms with Crippen LogP contribution in [0.15, 0.2) is 42.5 Å². The lowest BCUT2D eigenvalue weighted by atomic mass is 9.76. The molecule has 0 unspecified atom stereocenters. The van der Waals surface area contributed by atoms with E-state index in [-0.39, 0.29) is 0 Å². The molecule has 2 heteroatoms. The van der Waals surface area contributed by atoms with E-state index in [0.29, 0.717) is 11.5 Å². The van der Waals surface area contributed by atoms with Crippen molar-refractivity contribution in [1.82, 2.24) is 0 Å². The van der Waals surface area contributed by atoms with E-state index in [1.165, 1.54) is 24.8 Å². The highest BCUT2D eigenvalue weighted by atomic mass is 16.4. The molecule has 0 aliphatic heterocycles. The van der Waals surface area contributed by atoms with Gasteiger partial charge < -0.3 is 5.11 Å². The Labute approximate surface area is 119 Å². The molecule has 0 heterocycles. The first-order valence-corrected chi connectivity index (χ1v) is 7.10. The molecule has 0 atom stereocenters. The first-order valence-electron chi connectivity index (χ1n) is 7.10. The van der Waals surface area contributed by atoms with Gasteiger partial charge in [-0.1, -0.05) is 48.4 Å². The monoisotopic (exact) mass is 266 g/mol. The van der Waals surface area contributed by atoms with Crippen LogP contribution < -0.4 is 0 Å². The van der Waals surface area contributed by atoms with E-state index >= 15 is 0 Å². The van der Waals surface area contributed by atoms with Crippen LogP contribution in [0.3, 0.4) is 0 Å². The molecular weight excluding hydrogens is 248 g/mol. The molecule has 2 aromatic carbocycles. The summed E-state index contributed by atoms with van der Waals surface area (Å²) in [6.45, 7) is 2.00. The first-order chi connectivity index (χ1) is 9.66. The molecule has 20 heavy (non-hydrogen) atoms. The Morgan fingerprint density at radius 1 is 1.10 bits per heavy atom. The quantitative estimate of drug-likeness (QED) is 0.879. The van der Waals surface area contributed by atoms with E-state index in [0.717, 1.165) is 16.7 Å². The minimum absolute atomic E-state index is 0.391. The molecule has 102 valence electrons. The molecule has 1 N–H and O–H groups in total. The van der Waals surface area contributed by atoms with Crippen molar-refractivity contribution in [1.29, 1.82) is 0 Å². The molecule has 1 fully saturated rings. The maximum absolute atomic E-state index is 11.5. The van der Waals surface area contributed by atoms with Crippen LogP contribution in [0.2, 0.25) is 0 Å². The Balaban J connectivity index is 2.18. The van der Waals surface area contributed by atoms with Crippen LogP contribution in [-0.2, 0) is 0 Å². The fraction of sp³-hybridized carbons (Fsp3) is 0.278. The van der Waals surface area contributed by atoms with Crippen LogP contribution in [0.25, 0.3) is 11.1 Å². The molecule has 2 aromatic rings. The molecule has 0 spiro atoms. The van der Waals surface area contributed by atoms with Crippen LogP contribution in [0.5, 0.6) is 0 Å². The molecule has 0 radical (unpaired) electrons. The molecule has 0 amide bonds. The van der Waals surface area contributed by atoms with Crippen molar-refractivity contribution in [2.24, 2.45) is 0 Å². The van der Waals surface area contributed by atoms with Crippen molar-refractivity contribution >= 4 is 5.97 Å². The van der Waals surface area contributed by atoms with Crippen LogP contribution >= 0.6 is 0 Å². The van der Waals surface area contributed by atoms with Crippen molar-refractivity contribution < 1.29 is 9.90 Å². The van der Waals surface area contributed by atoms with Crippen molar-refractivity contribution in [2.75, 3.05) is 0 Å². The van der Waals surface area contributed by atoms with Gasteiger partial charge in [-0.2, -0.15) is 0 Å². The molecule has 3 rings (SSSR count). The summed E-state index contributed by atoms with van der Waals surface area (Å²) >= 11 is 0. The lowest BCUT2D eigenvalue weighted by Gasteiger charge is -2.28. The topological polar surface area (TPSA) is 37.3 Å². The van der Waals surface area contributed by atoms with E-state index in [4.69, 9.17) is 0 Å². The van der Waals surface area contributed by atoms with Gasteiger partial charge in [0.05, 0.1) is 5.56 Å². The van der Waals surface area contributed by atoms with Gasteiger partial charge in [-0.25, -0.2) is 4.79 Å². The predicted octanol–water partition coefficient (Wildman–Crippen LogP) is 4.63. The summed E-state index contributed by atoms with van der Waals surface area (Å²) in [6.07, 6.45) is 3.70. The second kappa shape index (κ2) is 5.12. The van der Waals surface area contributed by atoms with Crippen molar-refractivity contribution in [3.05, 3.63) is 59.2 Å². The van der Waals surface area contributed by atoms with Gasteiger partial charge in [-0.3, -0.25) is 0 Å². The number of benzene rings is 2. The number of hydrogen-bond donors (Lipinski definition) is 1. The molecule has 0 aromatic heterocycles. The lowest BCUT2D eigenvalue weighted by molar-refractivity contribution is 0.0697. The molecule has 1 aliphatic rings. The predicted molar refractivity (Wildman–Crippen MR) is 80.2 cm³/mol. The zero-order valence-electron chi connectivity index (χ0n) is 11.6. The summed E-state index contributed by atoms with van der Waals surface area (Å²) in [7, 11) is 0. The van der Waals surface area contributed by atoms with Gasteiger partial charge in [0, 0.05) is 0 Å². The third kappa shape index (κ3) is 2.22. The summed E-state index contributed by atoms with van der Waals surface area (Å²) in [5.74, 6) is -0.267. The van der Waals surface area contributed by atoms with Gasteiger partial charge in [-0.05, 0) is 48.4 Å². The Morgan fingerprint density at radius 2 is 1.85 bits per heavy atom. The number of hydrogen-bond acceptors (Lipinski definition) is 1. The number of aromatic carboxylic acids is 1. The Hall–Kier alpha value is -2.09. The fourth-order valence-corrected chi connectivity index (χ4v) is 2.88. The molecule has 2 nitrogen and oxygen atoms in total. The van der Waals surface area contributed by atoms with Crippen LogP contribution in [-0.4, -0.2) is 11.1 Å². The van der Waals surface area contributed by atoms with Gasteiger partial charge in [0.15, 0.2) is 0 Å². The standard InChI is InChI=1S/C18H18O2/c1-12-9-10-16(18(19)20)17(11-12)15-8-3-2-7-14(15)13-5-4-6-13/h2-3,7-11,13H,4-6H2,1H3,(H,19,20). The highest BCUT2D eigenvalue weighted by Gasteiger charge is 2.23.